The summed E-state index contributed by atoms with van der Waals surface area (Å²) in [6, 6.07) is 0. The van der Waals surface area contributed by atoms with Gasteiger partial charge in [0.25, 0.3) is 0 Å². The van der Waals surface area contributed by atoms with E-state index in [-0.39, 0.29) is 0 Å². The summed E-state index contributed by atoms with van der Waals surface area (Å²) in [7, 11) is 0. The maximum atomic E-state index is 5.76. The molecular formula is C21H22O4. The second-order valence-electron chi connectivity index (χ2n) is 7.17. The molecule has 0 aromatic heterocycles. The van der Waals surface area contributed by atoms with Crippen LogP contribution >= 0.6 is 0 Å². The van der Waals surface area contributed by atoms with Crippen LogP contribution in [0.3, 0.4) is 0 Å². The fourth-order valence-electron chi connectivity index (χ4n) is 4.35. The summed E-state index contributed by atoms with van der Waals surface area (Å²) in [5.41, 5.74) is 8.11. The Bertz CT molecular complexity index is 845. The van der Waals surface area contributed by atoms with Crippen LogP contribution in [-0.4, -0.2) is 13.6 Å². The van der Waals surface area contributed by atoms with Gasteiger partial charge in [-0.25, -0.2) is 0 Å². The monoisotopic (exact) mass is 338 g/mol. The van der Waals surface area contributed by atoms with Gasteiger partial charge in [-0.3, -0.25) is 0 Å². The minimum Gasteiger partial charge on any atom is -0.454 e. The van der Waals surface area contributed by atoms with Gasteiger partial charge in [-0.05, 0) is 54.9 Å². The van der Waals surface area contributed by atoms with E-state index in [2.05, 4.69) is 26.0 Å². The van der Waals surface area contributed by atoms with Gasteiger partial charge in [0, 0.05) is 12.0 Å². The molecule has 0 radical (unpaired) electrons. The zero-order chi connectivity index (χ0) is 17.0. The summed E-state index contributed by atoms with van der Waals surface area (Å²) in [4.78, 5) is 0. The predicted molar refractivity (Wildman–Crippen MR) is 92.8 cm³/mol. The molecule has 2 aliphatic heterocycles. The van der Waals surface area contributed by atoms with E-state index in [1.165, 1.54) is 33.4 Å². The third-order valence-electron chi connectivity index (χ3n) is 5.59. The number of hydrogen-bond donors (Lipinski definition) is 0. The maximum absolute atomic E-state index is 5.76. The molecule has 0 atom stereocenters. The first-order chi connectivity index (χ1) is 12.2. The number of hydrogen-bond acceptors (Lipinski definition) is 4. The summed E-state index contributed by atoms with van der Waals surface area (Å²) in [6.07, 6.45) is 9.40. The first kappa shape index (κ1) is 14.9. The van der Waals surface area contributed by atoms with Gasteiger partial charge in [0.05, 0.1) is 0 Å². The molecular weight excluding hydrogens is 316 g/mol. The molecule has 0 N–H and O–H groups in total. The molecule has 5 rings (SSSR count). The summed E-state index contributed by atoms with van der Waals surface area (Å²) in [5.74, 6) is 3.93. The van der Waals surface area contributed by atoms with E-state index in [9.17, 15) is 0 Å². The fourth-order valence-corrected chi connectivity index (χ4v) is 4.35. The molecule has 0 bridgehead atoms. The summed E-state index contributed by atoms with van der Waals surface area (Å²) in [5, 5.41) is 0. The molecule has 0 unspecified atom stereocenters. The lowest BCUT2D eigenvalue weighted by atomic mass is 9.96. The predicted octanol–water partition coefficient (Wildman–Crippen LogP) is 4.90. The molecule has 0 amide bonds. The van der Waals surface area contributed by atoms with Crippen LogP contribution in [0.25, 0.3) is 0 Å². The Morgan fingerprint density at radius 1 is 0.800 bits per heavy atom. The zero-order valence-corrected chi connectivity index (χ0v) is 14.7. The summed E-state index contributed by atoms with van der Waals surface area (Å²) >= 11 is 0. The first-order valence-corrected chi connectivity index (χ1v) is 9.02. The van der Waals surface area contributed by atoms with Crippen molar-refractivity contribution >= 4 is 0 Å². The molecule has 0 saturated carbocycles. The number of fused-ring (bicyclic) bond motifs is 2. The minimum atomic E-state index is 0.354. The smallest absolute Gasteiger partial charge is 0.231 e. The molecule has 4 heteroatoms. The van der Waals surface area contributed by atoms with Crippen molar-refractivity contribution in [2.45, 2.75) is 46.0 Å². The molecule has 2 heterocycles. The van der Waals surface area contributed by atoms with E-state index in [1.54, 1.807) is 0 Å². The molecule has 130 valence electrons. The van der Waals surface area contributed by atoms with Crippen LogP contribution in [0.4, 0.5) is 0 Å². The zero-order valence-electron chi connectivity index (χ0n) is 14.7. The minimum absolute atomic E-state index is 0.354. The van der Waals surface area contributed by atoms with Crippen LogP contribution in [0.1, 0.15) is 46.0 Å². The van der Waals surface area contributed by atoms with E-state index >= 15 is 0 Å². The van der Waals surface area contributed by atoms with Crippen molar-refractivity contribution in [3.8, 4) is 0 Å². The summed E-state index contributed by atoms with van der Waals surface area (Å²) in [6.45, 7) is 5.02. The van der Waals surface area contributed by atoms with Crippen LogP contribution in [0.5, 0.6) is 0 Å². The molecule has 2 fully saturated rings. The quantitative estimate of drug-likeness (QED) is 0.731. The van der Waals surface area contributed by atoms with Crippen molar-refractivity contribution < 1.29 is 18.9 Å². The molecule has 0 aromatic rings. The first-order valence-electron chi connectivity index (χ1n) is 9.02. The summed E-state index contributed by atoms with van der Waals surface area (Å²) < 4.78 is 22.7. The van der Waals surface area contributed by atoms with Crippen molar-refractivity contribution in [1.82, 2.24) is 0 Å². The van der Waals surface area contributed by atoms with Gasteiger partial charge in [0.2, 0.25) is 13.6 Å². The highest BCUT2D eigenvalue weighted by Crippen LogP contribution is 2.46. The van der Waals surface area contributed by atoms with Crippen LogP contribution < -0.4 is 0 Å². The van der Waals surface area contributed by atoms with E-state index in [4.69, 9.17) is 18.9 Å². The molecule has 0 aromatic carbocycles. The average molecular weight is 338 g/mol. The van der Waals surface area contributed by atoms with Gasteiger partial charge < -0.3 is 18.9 Å². The Morgan fingerprint density at radius 2 is 1.52 bits per heavy atom. The molecule has 4 nitrogen and oxygen atoms in total. The van der Waals surface area contributed by atoms with Crippen LogP contribution in [0, 0.1) is 0 Å². The van der Waals surface area contributed by atoms with Gasteiger partial charge >= 0.3 is 0 Å². The Labute approximate surface area is 147 Å². The maximum Gasteiger partial charge on any atom is 0.231 e. The van der Waals surface area contributed by atoms with Gasteiger partial charge in [-0.15, -0.1) is 0 Å². The van der Waals surface area contributed by atoms with E-state index in [0.29, 0.717) is 13.6 Å². The van der Waals surface area contributed by atoms with Crippen molar-refractivity contribution in [2.24, 2.45) is 0 Å². The number of ether oxygens (including phenoxy) is 4. The highest BCUT2D eigenvalue weighted by Gasteiger charge is 2.34. The van der Waals surface area contributed by atoms with Crippen molar-refractivity contribution in [1.29, 1.82) is 0 Å². The van der Waals surface area contributed by atoms with Crippen LogP contribution in [0.2, 0.25) is 0 Å². The van der Waals surface area contributed by atoms with Gasteiger partial charge in [-0.1, -0.05) is 24.6 Å². The van der Waals surface area contributed by atoms with Crippen LogP contribution in [-0.2, 0) is 18.9 Å². The normalized spacial score (nSPS) is 24.2. The molecule has 3 aliphatic carbocycles. The highest BCUT2D eigenvalue weighted by atomic mass is 16.7. The third kappa shape index (κ3) is 2.27. The molecule has 2 saturated heterocycles. The number of rotatable bonds is 4. The molecule has 25 heavy (non-hydrogen) atoms. The lowest BCUT2D eigenvalue weighted by molar-refractivity contribution is 0.0944. The van der Waals surface area contributed by atoms with Gasteiger partial charge in [0.1, 0.15) is 0 Å². The van der Waals surface area contributed by atoms with Gasteiger partial charge in [-0.2, -0.15) is 0 Å². The Morgan fingerprint density at radius 3 is 2.32 bits per heavy atom. The van der Waals surface area contributed by atoms with Crippen LogP contribution in [0.15, 0.2) is 68.6 Å². The van der Waals surface area contributed by atoms with Gasteiger partial charge in [0.15, 0.2) is 23.0 Å². The van der Waals surface area contributed by atoms with E-state index in [0.717, 1.165) is 55.1 Å². The Hall–Kier alpha value is -2.36. The fraction of sp³-hybridized carbons (Fsp3) is 0.429. The number of allylic oxidation sites excluding steroid dienone is 8. The topological polar surface area (TPSA) is 36.9 Å². The molecule has 0 spiro atoms. The van der Waals surface area contributed by atoms with Crippen molar-refractivity contribution in [3.05, 3.63) is 68.6 Å². The third-order valence-corrected chi connectivity index (χ3v) is 5.59. The standard InChI is InChI=1S/C21H22O4/c1-3-14-9-17(21-19(14)23-11-25-21)15-5-4-13(7-15)8-16-6-12(2)18-20(16)24-10-22-18/h4-5H,3,6-11H2,1-2H3. The highest BCUT2D eigenvalue weighted by molar-refractivity contribution is 5.55. The Balaban J connectivity index is 1.30. The second-order valence-corrected chi connectivity index (χ2v) is 7.17. The largest absolute Gasteiger partial charge is 0.454 e. The SMILES string of the molecule is CCC1=C2OCOC2=C(C2=CC=C(CC3=C4OCOC4=C(C)C3)C2)C1. The Kier molecular flexibility index (Phi) is 3.34. The average Bonchev–Trinajstić information content (AvgIpc) is 3.36. The molecule has 5 aliphatic rings. The van der Waals surface area contributed by atoms with Crippen molar-refractivity contribution in [2.75, 3.05) is 13.6 Å². The van der Waals surface area contributed by atoms with E-state index < -0.39 is 0 Å². The van der Waals surface area contributed by atoms with E-state index in [1.807, 2.05) is 0 Å². The van der Waals surface area contributed by atoms with Crippen molar-refractivity contribution in [3.63, 3.8) is 0 Å². The lowest BCUT2D eigenvalue weighted by Crippen LogP contribution is -1.95. The lowest BCUT2D eigenvalue weighted by Gasteiger charge is -2.10. The second kappa shape index (κ2) is 5.58.